The molecule has 3 rings (SSSR count). The summed E-state index contributed by atoms with van der Waals surface area (Å²) in [7, 11) is 0. The molecule has 0 fully saturated rings. The molecule has 1 aliphatic heterocycles. The van der Waals surface area contributed by atoms with Crippen LogP contribution in [0.1, 0.15) is 11.1 Å². The second kappa shape index (κ2) is 6.17. The van der Waals surface area contributed by atoms with Gasteiger partial charge in [-0.3, -0.25) is 0 Å². The summed E-state index contributed by atoms with van der Waals surface area (Å²) in [6, 6.07) is 14.1. The third-order valence-corrected chi connectivity index (χ3v) is 4.27. The van der Waals surface area contributed by atoms with Crippen LogP contribution >= 0.6 is 27.5 Å². The van der Waals surface area contributed by atoms with Crippen molar-refractivity contribution in [3.05, 3.63) is 63.1 Å². The first-order chi connectivity index (χ1) is 9.72. The number of fused-ring (bicyclic) bond motifs is 1. The third-order valence-electron chi connectivity index (χ3n) is 3.41. The highest BCUT2D eigenvalue weighted by Crippen LogP contribution is 2.28. The van der Waals surface area contributed by atoms with Crippen LogP contribution in [0.3, 0.4) is 0 Å². The van der Waals surface area contributed by atoms with Crippen molar-refractivity contribution in [2.45, 2.75) is 19.1 Å². The van der Waals surface area contributed by atoms with Crippen molar-refractivity contribution in [1.29, 1.82) is 0 Å². The minimum atomic E-state index is 0.207. The first-order valence-corrected chi connectivity index (χ1v) is 7.78. The first-order valence-electron chi connectivity index (χ1n) is 6.61. The van der Waals surface area contributed by atoms with Gasteiger partial charge >= 0.3 is 0 Å². The van der Waals surface area contributed by atoms with E-state index < -0.39 is 0 Å². The molecule has 0 amide bonds. The molecule has 20 heavy (non-hydrogen) atoms. The Bertz CT molecular complexity index is 592. The van der Waals surface area contributed by atoms with Crippen LogP contribution in [-0.2, 0) is 13.0 Å². The lowest BCUT2D eigenvalue weighted by Crippen LogP contribution is -2.29. The zero-order chi connectivity index (χ0) is 13.9. The number of hydrogen-bond donors (Lipinski definition) is 1. The summed E-state index contributed by atoms with van der Waals surface area (Å²) in [4.78, 5) is 0. The summed E-state index contributed by atoms with van der Waals surface area (Å²) in [6.45, 7) is 1.56. The van der Waals surface area contributed by atoms with Gasteiger partial charge in [-0.2, -0.15) is 0 Å². The van der Waals surface area contributed by atoms with Gasteiger partial charge in [-0.1, -0.05) is 45.7 Å². The molecule has 0 bridgehead atoms. The fourth-order valence-corrected chi connectivity index (χ4v) is 3.01. The van der Waals surface area contributed by atoms with Crippen molar-refractivity contribution in [3.63, 3.8) is 0 Å². The molecule has 0 saturated carbocycles. The van der Waals surface area contributed by atoms with Gasteiger partial charge in [0.1, 0.15) is 11.9 Å². The van der Waals surface area contributed by atoms with Crippen LogP contribution in [0.25, 0.3) is 0 Å². The standard InChI is InChI=1S/C16H15BrClNO/c17-13-5-6-15(18)12(7-13)9-19-10-14-8-11-3-1-2-4-16(11)20-14/h1-7,14,19H,8-10H2. The zero-order valence-corrected chi connectivity index (χ0v) is 13.2. The molecule has 0 aromatic heterocycles. The number of halogens is 2. The van der Waals surface area contributed by atoms with Crippen molar-refractivity contribution < 1.29 is 4.74 Å². The molecule has 0 aliphatic carbocycles. The Morgan fingerprint density at radius 1 is 1.25 bits per heavy atom. The Labute approximate surface area is 132 Å². The van der Waals surface area contributed by atoms with Crippen molar-refractivity contribution in [1.82, 2.24) is 5.32 Å². The smallest absolute Gasteiger partial charge is 0.123 e. The summed E-state index contributed by atoms with van der Waals surface area (Å²) in [6.07, 6.45) is 1.17. The molecule has 0 radical (unpaired) electrons. The van der Waals surface area contributed by atoms with E-state index in [-0.39, 0.29) is 6.10 Å². The van der Waals surface area contributed by atoms with E-state index in [1.807, 2.05) is 30.3 Å². The Kier molecular flexibility index (Phi) is 4.29. The Morgan fingerprint density at radius 2 is 2.10 bits per heavy atom. The van der Waals surface area contributed by atoms with Gasteiger partial charge in [-0.05, 0) is 35.4 Å². The monoisotopic (exact) mass is 351 g/mol. The van der Waals surface area contributed by atoms with Gasteiger partial charge in [0.25, 0.3) is 0 Å². The summed E-state index contributed by atoms with van der Waals surface area (Å²) in [5, 5.41) is 4.20. The maximum absolute atomic E-state index is 6.17. The number of rotatable bonds is 4. The second-order valence-corrected chi connectivity index (χ2v) is 6.24. The van der Waals surface area contributed by atoms with E-state index in [9.17, 15) is 0 Å². The van der Waals surface area contributed by atoms with E-state index >= 15 is 0 Å². The van der Waals surface area contributed by atoms with E-state index in [2.05, 4.69) is 33.4 Å². The van der Waals surface area contributed by atoms with Crippen LogP contribution in [0.4, 0.5) is 0 Å². The van der Waals surface area contributed by atoms with E-state index in [1.165, 1.54) is 5.56 Å². The first kappa shape index (κ1) is 13.9. The predicted octanol–water partition coefficient (Wildman–Crippen LogP) is 4.20. The van der Waals surface area contributed by atoms with Crippen molar-refractivity contribution in [3.8, 4) is 5.75 Å². The summed E-state index contributed by atoms with van der Waals surface area (Å²) in [5.74, 6) is 1.01. The van der Waals surface area contributed by atoms with Gasteiger partial charge in [0.15, 0.2) is 0 Å². The molecule has 4 heteroatoms. The minimum absolute atomic E-state index is 0.207. The van der Waals surface area contributed by atoms with Crippen LogP contribution in [0.2, 0.25) is 5.02 Å². The maximum atomic E-state index is 6.17. The van der Waals surface area contributed by atoms with E-state index in [4.69, 9.17) is 16.3 Å². The van der Waals surface area contributed by atoms with Gasteiger partial charge in [-0.15, -0.1) is 0 Å². The molecule has 0 spiro atoms. The summed E-state index contributed by atoms with van der Waals surface area (Å²) >= 11 is 9.64. The molecular formula is C16H15BrClNO. The van der Waals surface area contributed by atoms with Crippen molar-refractivity contribution >= 4 is 27.5 Å². The zero-order valence-electron chi connectivity index (χ0n) is 10.9. The molecule has 0 saturated heterocycles. The molecule has 2 aromatic rings. The van der Waals surface area contributed by atoms with Crippen LogP contribution in [0, 0.1) is 0 Å². The van der Waals surface area contributed by atoms with Crippen molar-refractivity contribution in [2.75, 3.05) is 6.54 Å². The number of benzene rings is 2. The molecule has 1 unspecified atom stereocenters. The second-order valence-electron chi connectivity index (χ2n) is 4.92. The van der Waals surface area contributed by atoms with E-state index in [1.54, 1.807) is 0 Å². The highest BCUT2D eigenvalue weighted by Gasteiger charge is 2.21. The Balaban J connectivity index is 1.53. The van der Waals surface area contributed by atoms with Gasteiger partial charge < -0.3 is 10.1 Å². The molecule has 1 atom stereocenters. The Morgan fingerprint density at radius 3 is 2.95 bits per heavy atom. The average Bonchev–Trinajstić information content (AvgIpc) is 2.85. The van der Waals surface area contributed by atoms with E-state index in [0.717, 1.165) is 40.3 Å². The fourth-order valence-electron chi connectivity index (χ4n) is 2.41. The topological polar surface area (TPSA) is 21.3 Å². The lowest BCUT2D eigenvalue weighted by atomic mass is 10.1. The SMILES string of the molecule is Clc1ccc(Br)cc1CNCC1Cc2ccccc2O1. The van der Waals surface area contributed by atoms with Crippen LogP contribution in [0.5, 0.6) is 5.75 Å². The normalized spacial score (nSPS) is 16.8. The largest absolute Gasteiger partial charge is 0.488 e. The number of nitrogens with one attached hydrogen (secondary N) is 1. The van der Waals surface area contributed by atoms with Crippen LogP contribution in [-0.4, -0.2) is 12.6 Å². The molecular weight excluding hydrogens is 338 g/mol. The average molecular weight is 353 g/mol. The molecule has 2 aromatic carbocycles. The molecule has 104 valence electrons. The van der Waals surface area contributed by atoms with Crippen LogP contribution in [0.15, 0.2) is 46.9 Å². The summed E-state index contributed by atoms with van der Waals surface area (Å²) in [5.41, 5.74) is 2.39. The quantitative estimate of drug-likeness (QED) is 0.890. The fraction of sp³-hybridized carbons (Fsp3) is 0.250. The van der Waals surface area contributed by atoms with Gasteiger partial charge in [0.05, 0.1) is 0 Å². The third kappa shape index (κ3) is 3.17. The van der Waals surface area contributed by atoms with Gasteiger partial charge in [0, 0.05) is 29.0 Å². The summed E-state index contributed by atoms with van der Waals surface area (Å²) < 4.78 is 6.94. The van der Waals surface area contributed by atoms with E-state index in [0.29, 0.717) is 0 Å². The number of hydrogen-bond acceptors (Lipinski definition) is 2. The lowest BCUT2D eigenvalue weighted by Gasteiger charge is -2.12. The molecule has 2 nitrogen and oxygen atoms in total. The highest BCUT2D eigenvalue weighted by atomic mass is 79.9. The van der Waals surface area contributed by atoms with Crippen LogP contribution < -0.4 is 10.1 Å². The number of ether oxygens (including phenoxy) is 1. The molecule has 1 N–H and O–H groups in total. The minimum Gasteiger partial charge on any atom is -0.488 e. The van der Waals surface area contributed by atoms with Crippen molar-refractivity contribution in [2.24, 2.45) is 0 Å². The number of para-hydroxylation sites is 1. The maximum Gasteiger partial charge on any atom is 0.123 e. The molecule has 1 heterocycles. The predicted molar refractivity (Wildman–Crippen MR) is 85.4 cm³/mol. The van der Waals surface area contributed by atoms with Gasteiger partial charge in [-0.25, -0.2) is 0 Å². The highest BCUT2D eigenvalue weighted by molar-refractivity contribution is 9.10. The van der Waals surface area contributed by atoms with Gasteiger partial charge in [0.2, 0.25) is 0 Å². The molecule has 1 aliphatic rings. The lowest BCUT2D eigenvalue weighted by molar-refractivity contribution is 0.227. The Hall–Kier alpha value is -1.03.